The molecule has 3 atom stereocenters. The number of nitrogens with one attached hydrogen (secondary N) is 2. The highest BCUT2D eigenvalue weighted by atomic mass is 79.9. The van der Waals surface area contributed by atoms with Crippen LogP contribution in [-0.2, 0) is 10.3 Å². The molecular weight excluding hydrogens is 344 g/mol. The SMILES string of the molecule is CC(C)(NC(=O)C1[C@H]2CNC[C@@H]12)c1nc(Br)c2ccccn12. The van der Waals surface area contributed by atoms with Gasteiger partial charge in [-0.2, -0.15) is 0 Å². The second-order valence-corrected chi connectivity index (χ2v) is 7.56. The molecule has 2 N–H and O–H groups in total. The molecule has 1 aliphatic carbocycles. The molecule has 6 heteroatoms. The van der Waals surface area contributed by atoms with E-state index >= 15 is 0 Å². The quantitative estimate of drug-likeness (QED) is 0.876. The lowest BCUT2D eigenvalue weighted by Gasteiger charge is -2.25. The molecule has 3 heterocycles. The van der Waals surface area contributed by atoms with Crippen LogP contribution >= 0.6 is 15.9 Å². The van der Waals surface area contributed by atoms with E-state index in [2.05, 4.69) is 31.5 Å². The number of fused-ring (bicyclic) bond motifs is 2. The van der Waals surface area contributed by atoms with E-state index in [-0.39, 0.29) is 11.8 Å². The Hall–Kier alpha value is -1.40. The van der Waals surface area contributed by atoms with E-state index in [9.17, 15) is 4.79 Å². The summed E-state index contributed by atoms with van der Waals surface area (Å²) >= 11 is 3.50. The van der Waals surface area contributed by atoms with E-state index in [0.717, 1.165) is 29.0 Å². The van der Waals surface area contributed by atoms with Crippen molar-refractivity contribution in [3.63, 3.8) is 0 Å². The van der Waals surface area contributed by atoms with Gasteiger partial charge in [-0.05, 0) is 66.8 Å². The Bertz CT molecular complexity index is 744. The number of amides is 1. The molecule has 22 heavy (non-hydrogen) atoms. The lowest BCUT2D eigenvalue weighted by Crippen LogP contribution is -2.44. The molecule has 4 rings (SSSR count). The van der Waals surface area contributed by atoms with Crippen LogP contribution in [0.5, 0.6) is 0 Å². The summed E-state index contributed by atoms with van der Waals surface area (Å²) in [6.45, 7) is 5.97. The Morgan fingerprint density at radius 2 is 2.14 bits per heavy atom. The van der Waals surface area contributed by atoms with Crippen molar-refractivity contribution in [1.29, 1.82) is 0 Å². The number of aromatic nitrogens is 2. The van der Waals surface area contributed by atoms with E-state index in [1.54, 1.807) is 0 Å². The van der Waals surface area contributed by atoms with Gasteiger partial charge in [-0.1, -0.05) is 6.07 Å². The van der Waals surface area contributed by atoms with Crippen LogP contribution < -0.4 is 10.6 Å². The molecule has 0 radical (unpaired) electrons. The Labute approximate surface area is 137 Å². The van der Waals surface area contributed by atoms with Crippen LogP contribution in [0.3, 0.4) is 0 Å². The first kappa shape index (κ1) is 14.2. The van der Waals surface area contributed by atoms with Crippen LogP contribution in [0, 0.1) is 17.8 Å². The topological polar surface area (TPSA) is 58.4 Å². The fourth-order valence-electron chi connectivity index (χ4n) is 3.70. The van der Waals surface area contributed by atoms with Crippen molar-refractivity contribution in [3.05, 3.63) is 34.8 Å². The van der Waals surface area contributed by atoms with Crippen LogP contribution in [0.2, 0.25) is 0 Å². The first-order valence-electron chi connectivity index (χ1n) is 7.65. The Morgan fingerprint density at radius 3 is 2.86 bits per heavy atom. The highest BCUT2D eigenvalue weighted by Gasteiger charge is 2.57. The van der Waals surface area contributed by atoms with E-state index < -0.39 is 5.54 Å². The van der Waals surface area contributed by atoms with Gasteiger partial charge in [0.25, 0.3) is 0 Å². The van der Waals surface area contributed by atoms with Crippen molar-refractivity contribution in [2.75, 3.05) is 13.1 Å². The van der Waals surface area contributed by atoms with Crippen molar-refractivity contribution in [2.24, 2.45) is 17.8 Å². The van der Waals surface area contributed by atoms with Gasteiger partial charge in [0.1, 0.15) is 10.4 Å². The monoisotopic (exact) mass is 362 g/mol. The molecule has 0 bridgehead atoms. The van der Waals surface area contributed by atoms with Crippen molar-refractivity contribution in [3.8, 4) is 0 Å². The number of carbonyl (C=O) groups is 1. The number of hydrogen-bond donors (Lipinski definition) is 2. The molecule has 2 fully saturated rings. The maximum absolute atomic E-state index is 12.6. The van der Waals surface area contributed by atoms with E-state index in [1.807, 2.05) is 42.6 Å². The highest BCUT2D eigenvalue weighted by Crippen LogP contribution is 2.49. The largest absolute Gasteiger partial charge is 0.344 e. The lowest BCUT2D eigenvalue weighted by atomic mass is 10.0. The van der Waals surface area contributed by atoms with Crippen molar-refractivity contribution in [2.45, 2.75) is 19.4 Å². The smallest absolute Gasteiger partial charge is 0.224 e. The first-order valence-corrected chi connectivity index (χ1v) is 8.44. The number of piperidine rings is 1. The Kier molecular flexibility index (Phi) is 3.10. The van der Waals surface area contributed by atoms with Crippen molar-refractivity contribution < 1.29 is 4.79 Å². The van der Waals surface area contributed by atoms with Crippen LogP contribution in [0.25, 0.3) is 5.52 Å². The molecule has 2 aliphatic rings. The molecule has 0 spiro atoms. The van der Waals surface area contributed by atoms with E-state index in [1.165, 1.54) is 0 Å². The minimum absolute atomic E-state index is 0.158. The number of imidazole rings is 1. The van der Waals surface area contributed by atoms with Gasteiger partial charge >= 0.3 is 0 Å². The van der Waals surface area contributed by atoms with Gasteiger partial charge in [-0.15, -0.1) is 0 Å². The minimum Gasteiger partial charge on any atom is -0.344 e. The summed E-state index contributed by atoms with van der Waals surface area (Å²) in [5.41, 5.74) is 0.491. The van der Waals surface area contributed by atoms with Crippen LogP contribution in [0.1, 0.15) is 19.7 Å². The van der Waals surface area contributed by atoms with Gasteiger partial charge in [0.2, 0.25) is 5.91 Å². The molecule has 5 nitrogen and oxygen atoms in total. The number of carbonyl (C=O) groups excluding carboxylic acids is 1. The van der Waals surface area contributed by atoms with Gasteiger partial charge in [-0.25, -0.2) is 4.98 Å². The Morgan fingerprint density at radius 1 is 1.41 bits per heavy atom. The van der Waals surface area contributed by atoms with Gasteiger partial charge < -0.3 is 15.0 Å². The number of nitrogens with zero attached hydrogens (tertiary/aromatic N) is 2. The van der Waals surface area contributed by atoms with E-state index in [0.29, 0.717) is 11.8 Å². The fourth-order valence-corrected chi connectivity index (χ4v) is 4.19. The van der Waals surface area contributed by atoms with Gasteiger partial charge in [0.15, 0.2) is 0 Å². The predicted molar refractivity (Wildman–Crippen MR) is 87.4 cm³/mol. The molecule has 1 unspecified atom stereocenters. The summed E-state index contributed by atoms with van der Waals surface area (Å²) < 4.78 is 2.83. The zero-order chi connectivity index (χ0) is 15.5. The maximum atomic E-state index is 12.6. The zero-order valence-electron chi connectivity index (χ0n) is 12.6. The zero-order valence-corrected chi connectivity index (χ0v) is 14.2. The number of rotatable bonds is 3. The normalized spacial score (nSPS) is 27.0. The van der Waals surface area contributed by atoms with Crippen molar-refractivity contribution >= 4 is 27.4 Å². The predicted octanol–water partition coefficient (Wildman–Crippen LogP) is 1.91. The van der Waals surface area contributed by atoms with Crippen LogP contribution in [-0.4, -0.2) is 28.4 Å². The van der Waals surface area contributed by atoms with Gasteiger partial charge in [0, 0.05) is 12.1 Å². The molecule has 1 saturated carbocycles. The van der Waals surface area contributed by atoms with E-state index in [4.69, 9.17) is 0 Å². The average molecular weight is 363 g/mol. The molecule has 2 aromatic rings. The lowest BCUT2D eigenvalue weighted by molar-refractivity contribution is -0.124. The second kappa shape index (κ2) is 4.80. The van der Waals surface area contributed by atoms with Gasteiger partial charge in [0.05, 0.1) is 11.1 Å². The molecule has 1 amide bonds. The summed E-state index contributed by atoms with van der Waals surface area (Å²) in [6.07, 6.45) is 1.98. The second-order valence-electron chi connectivity index (χ2n) is 6.81. The number of halogens is 1. The van der Waals surface area contributed by atoms with Crippen molar-refractivity contribution in [1.82, 2.24) is 20.0 Å². The third-order valence-electron chi connectivity index (χ3n) is 4.89. The Balaban J connectivity index is 1.61. The first-order chi connectivity index (χ1) is 10.5. The summed E-state index contributed by atoms with van der Waals surface area (Å²) in [5, 5.41) is 6.52. The average Bonchev–Trinajstić information content (AvgIpc) is 2.82. The summed E-state index contributed by atoms with van der Waals surface area (Å²) in [7, 11) is 0. The maximum Gasteiger partial charge on any atom is 0.224 e. The fraction of sp³-hybridized carbons (Fsp3) is 0.500. The highest BCUT2D eigenvalue weighted by molar-refractivity contribution is 9.10. The summed E-state index contributed by atoms with van der Waals surface area (Å²) in [6, 6.07) is 5.96. The minimum atomic E-state index is -0.516. The third kappa shape index (κ3) is 2.08. The summed E-state index contributed by atoms with van der Waals surface area (Å²) in [4.78, 5) is 17.2. The molecule has 0 aromatic carbocycles. The van der Waals surface area contributed by atoms with Crippen LogP contribution in [0.15, 0.2) is 29.0 Å². The molecule has 116 valence electrons. The number of pyridine rings is 1. The number of hydrogen-bond acceptors (Lipinski definition) is 3. The van der Waals surface area contributed by atoms with Crippen LogP contribution in [0.4, 0.5) is 0 Å². The summed E-state index contributed by atoms with van der Waals surface area (Å²) in [5.74, 6) is 2.23. The molecule has 1 saturated heterocycles. The molecule has 2 aromatic heterocycles. The molecular formula is C16H19BrN4O. The standard InChI is InChI=1S/C16H19BrN4O/c1-16(2,20-14(22)12-9-7-18-8-10(9)12)15-19-13(17)11-5-3-4-6-21(11)15/h3-6,9-10,12,18H,7-8H2,1-2H3,(H,20,22)/t9-,10+,12?. The van der Waals surface area contributed by atoms with Gasteiger partial charge in [-0.3, -0.25) is 4.79 Å². The molecule has 1 aliphatic heterocycles. The third-order valence-corrected chi connectivity index (χ3v) is 5.48.